The largest absolute Gasteiger partial charge is 0.479 e. The molecule has 0 spiro atoms. The average Bonchev–Trinajstić information content (AvgIpc) is 2.38. The van der Waals surface area contributed by atoms with Crippen LogP contribution in [-0.2, 0) is 9.53 Å². The number of aliphatic carboxylic acids is 1. The molecule has 2 heterocycles. The highest BCUT2D eigenvalue weighted by atomic mass is 79.9. The van der Waals surface area contributed by atoms with Crippen LogP contribution in [0.5, 0.6) is 0 Å². The number of ether oxygens (including phenoxy) is 1. The Bertz CT molecular complexity index is 480. The van der Waals surface area contributed by atoms with Gasteiger partial charge in [0.2, 0.25) is 0 Å². The van der Waals surface area contributed by atoms with E-state index in [0.717, 1.165) is 0 Å². The zero-order valence-electron chi connectivity index (χ0n) is 9.38. The van der Waals surface area contributed by atoms with Gasteiger partial charge < -0.3 is 14.7 Å². The molecule has 1 atom stereocenters. The highest BCUT2D eigenvalue weighted by Gasteiger charge is 2.29. The van der Waals surface area contributed by atoms with Crippen molar-refractivity contribution >= 4 is 27.8 Å². The van der Waals surface area contributed by atoms with Gasteiger partial charge in [0.05, 0.1) is 18.7 Å². The van der Waals surface area contributed by atoms with Crippen molar-refractivity contribution in [2.75, 3.05) is 19.7 Å². The van der Waals surface area contributed by atoms with Crippen LogP contribution >= 0.6 is 15.9 Å². The van der Waals surface area contributed by atoms with Crippen LogP contribution in [0.25, 0.3) is 0 Å². The fraction of sp³-hybridized carbons (Fsp3) is 0.364. The molecule has 18 heavy (non-hydrogen) atoms. The molecule has 0 aliphatic carbocycles. The first-order valence-corrected chi connectivity index (χ1v) is 6.11. The average molecular weight is 315 g/mol. The Morgan fingerprint density at radius 3 is 2.94 bits per heavy atom. The molecule has 2 rings (SSSR count). The number of halogens is 1. The summed E-state index contributed by atoms with van der Waals surface area (Å²) in [5.74, 6) is -1.29. The maximum atomic E-state index is 12.1. The SMILES string of the molecule is O=C(O)C1CN(C(=O)c2cncc(Br)c2)CCO1. The molecule has 0 radical (unpaired) electrons. The molecule has 0 bridgehead atoms. The van der Waals surface area contributed by atoms with Crippen LogP contribution in [0.2, 0.25) is 0 Å². The zero-order chi connectivity index (χ0) is 13.1. The molecule has 1 N–H and O–H groups in total. The molecule has 6 nitrogen and oxygen atoms in total. The van der Waals surface area contributed by atoms with Gasteiger partial charge in [-0.15, -0.1) is 0 Å². The Kier molecular flexibility index (Phi) is 3.93. The molecule has 0 aromatic carbocycles. The number of nitrogens with zero attached hydrogens (tertiary/aromatic N) is 2. The van der Waals surface area contributed by atoms with Crippen LogP contribution in [0.4, 0.5) is 0 Å². The maximum absolute atomic E-state index is 12.1. The van der Waals surface area contributed by atoms with Crippen molar-refractivity contribution in [3.8, 4) is 0 Å². The van der Waals surface area contributed by atoms with Crippen molar-refractivity contribution in [1.29, 1.82) is 0 Å². The lowest BCUT2D eigenvalue weighted by Crippen LogP contribution is -2.48. The second-order valence-electron chi connectivity index (χ2n) is 3.84. The van der Waals surface area contributed by atoms with Gasteiger partial charge in [-0.1, -0.05) is 0 Å². The minimum absolute atomic E-state index is 0.0562. The van der Waals surface area contributed by atoms with E-state index in [4.69, 9.17) is 9.84 Å². The van der Waals surface area contributed by atoms with E-state index >= 15 is 0 Å². The number of carboxylic acid groups (broad SMARTS) is 1. The second kappa shape index (κ2) is 5.45. The number of carbonyl (C=O) groups excluding carboxylic acids is 1. The Morgan fingerprint density at radius 2 is 2.28 bits per heavy atom. The fourth-order valence-corrected chi connectivity index (χ4v) is 2.06. The first-order chi connectivity index (χ1) is 8.58. The van der Waals surface area contributed by atoms with Gasteiger partial charge in [0.25, 0.3) is 5.91 Å². The maximum Gasteiger partial charge on any atom is 0.334 e. The summed E-state index contributed by atoms with van der Waals surface area (Å²) in [6, 6.07) is 1.65. The van der Waals surface area contributed by atoms with Gasteiger partial charge >= 0.3 is 5.97 Å². The van der Waals surface area contributed by atoms with Gasteiger partial charge in [0.1, 0.15) is 0 Å². The molecule has 96 valence electrons. The Morgan fingerprint density at radius 1 is 1.50 bits per heavy atom. The Labute approximate surface area is 112 Å². The van der Waals surface area contributed by atoms with E-state index in [1.807, 2.05) is 0 Å². The third-order valence-corrected chi connectivity index (χ3v) is 3.01. The van der Waals surface area contributed by atoms with Crippen LogP contribution in [0, 0.1) is 0 Å². The Hall–Kier alpha value is -1.47. The van der Waals surface area contributed by atoms with Crippen LogP contribution in [0.3, 0.4) is 0 Å². The summed E-state index contributed by atoms with van der Waals surface area (Å²) in [6.07, 6.45) is 2.08. The lowest BCUT2D eigenvalue weighted by atomic mass is 10.2. The molecule has 1 aromatic rings. The van der Waals surface area contributed by atoms with Gasteiger partial charge in [0.15, 0.2) is 6.10 Å². The third kappa shape index (κ3) is 2.85. The number of aromatic nitrogens is 1. The fourth-order valence-electron chi connectivity index (χ4n) is 1.69. The van der Waals surface area contributed by atoms with Crippen LogP contribution in [0.15, 0.2) is 22.9 Å². The quantitative estimate of drug-likeness (QED) is 0.872. The number of rotatable bonds is 2. The van der Waals surface area contributed by atoms with Gasteiger partial charge in [0, 0.05) is 23.4 Å². The Balaban J connectivity index is 2.11. The number of amides is 1. The van der Waals surface area contributed by atoms with E-state index in [9.17, 15) is 9.59 Å². The van der Waals surface area contributed by atoms with E-state index in [0.29, 0.717) is 16.6 Å². The van der Waals surface area contributed by atoms with E-state index in [-0.39, 0.29) is 19.1 Å². The van der Waals surface area contributed by atoms with Gasteiger partial charge in [-0.2, -0.15) is 0 Å². The highest BCUT2D eigenvalue weighted by molar-refractivity contribution is 9.10. The summed E-state index contributed by atoms with van der Waals surface area (Å²) < 4.78 is 5.77. The van der Waals surface area contributed by atoms with Crippen LogP contribution in [-0.4, -0.2) is 52.7 Å². The third-order valence-electron chi connectivity index (χ3n) is 2.58. The molecule has 1 saturated heterocycles. The van der Waals surface area contributed by atoms with E-state index < -0.39 is 12.1 Å². The standard InChI is InChI=1S/C11H11BrN2O4/c12-8-3-7(4-13-5-8)10(15)14-1-2-18-9(6-14)11(16)17/h3-5,9H,1-2,6H2,(H,16,17). The highest BCUT2D eigenvalue weighted by Crippen LogP contribution is 2.14. The molecule has 1 aromatic heterocycles. The molecule has 0 saturated carbocycles. The van der Waals surface area contributed by atoms with Crippen molar-refractivity contribution in [3.05, 3.63) is 28.5 Å². The van der Waals surface area contributed by atoms with Crippen molar-refractivity contribution in [2.24, 2.45) is 0 Å². The zero-order valence-corrected chi connectivity index (χ0v) is 11.0. The van der Waals surface area contributed by atoms with Crippen molar-refractivity contribution in [2.45, 2.75) is 6.10 Å². The number of carbonyl (C=O) groups is 2. The number of carboxylic acids is 1. The lowest BCUT2D eigenvalue weighted by molar-refractivity contribution is -0.154. The number of pyridine rings is 1. The topological polar surface area (TPSA) is 79.7 Å². The molecular weight excluding hydrogens is 304 g/mol. The molecule has 1 unspecified atom stereocenters. The molecule has 1 fully saturated rings. The molecular formula is C11H11BrN2O4. The molecule has 1 aliphatic heterocycles. The first kappa shape index (κ1) is 13.0. The smallest absolute Gasteiger partial charge is 0.334 e. The van der Waals surface area contributed by atoms with Gasteiger partial charge in [-0.05, 0) is 22.0 Å². The molecule has 7 heteroatoms. The predicted molar refractivity (Wildman–Crippen MR) is 65.2 cm³/mol. The minimum atomic E-state index is -1.06. The molecule has 1 aliphatic rings. The summed E-state index contributed by atoms with van der Waals surface area (Å²) in [5.41, 5.74) is 0.426. The second-order valence-corrected chi connectivity index (χ2v) is 4.76. The predicted octanol–water partition coefficient (Wildman–Crippen LogP) is 0.770. The normalized spacial score (nSPS) is 19.6. The number of hydrogen-bond acceptors (Lipinski definition) is 4. The van der Waals surface area contributed by atoms with Crippen molar-refractivity contribution in [3.63, 3.8) is 0 Å². The van der Waals surface area contributed by atoms with E-state index in [1.54, 1.807) is 12.3 Å². The summed E-state index contributed by atoms with van der Waals surface area (Å²) in [7, 11) is 0. The van der Waals surface area contributed by atoms with Crippen LogP contribution < -0.4 is 0 Å². The minimum Gasteiger partial charge on any atom is -0.479 e. The number of morpholine rings is 1. The van der Waals surface area contributed by atoms with Gasteiger partial charge in [-0.25, -0.2) is 4.79 Å². The summed E-state index contributed by atoms with van der Waals surface area (Å²) >= 11 is 3.24. The summed E-state index contributed by atoms with van der Waals surface area (Å²) in [4.78, 5) is 28.3. The van der Waals surface area contributed by atoms with E-state index in [1.165, 1.54) is 11.1 Å². The van der Waals surface area contributed by atoms with Crippen molar-refractivity contribution in [1.82, 2.24) is 9.88 Å². The first-order valence-electron chi connectivity index (χ1n) is 5.32. The molecule has 1 amide bonds. The van der Waals surface area contributed by atoms with Gasteiger partial charge in [-0.3, -0.25) is 9.78 Å². The summed E-state index contributed by atoms with van der Waals surface area (Å²) in [5, 5.41) is 8.87. The monoisotopic (exact) mass is 314 g/mol. The van der Waals surface area contributed by atoms with Crippen molar-refractivity contribution < 1.29 is 19.4 Å². The van der Waals surface area contributed by atoms with Crippen LogP contribution in [0.1, 0.15) is 10.4 Å². The number of hydrogen-bond donors (Lipinski definition) is 1. The lowest BCUT2D eigenvalue weighted by Gasteiger charge is -2.30. The van der Waals surface area contributed by atoms with E-state index in [2.05, 4.69) is 20.9 Å². The summed E-state index contributed by atoms with van der Waals surface area (Å²) in [6.45, 7) is 0.667.